The van der Waals surface area contributed by atoms with Crippen LogP contribution in [0.3, 0.4) is 0 Å². The molecule has 28 heavy (non-hydrogen) atoms. The van der Waals surface area contributed by atoms with Gasteiger partial charge in [0.15, 0.2) is 0 Å². The van der Waals surface area contributed by atoms with Crippen LogP contribution in [0.2, 0.25) is 0 Å². The number of ether oxygens (including phenoxy) is 1. The van der Waals surface area contributed by atoms with E-state index in [1.165, 1.54) is 5.56 Å². The summed E-state index contributed by atoms with van der Waals surface area (Å²) in [6.45, 7) is 4.71. The fourth-order valence-corrected chi connectivity index (χ4v) is 4.40. The number of anilines is 1. The van der Waals surface area contributed by atoms with E-state index in [0.29, 0.717) is 18.8 Å². The van der Waals surface area contributed by atoms with Gasteiger partial charge in [-0.15, -0.1) is 0 Å². The van der Waals surface area contributed by atoms with Crippen molar-refractivity contribution >= 4 is 27.8 Å². The normalized spacial score (nSPS) is 12.4. The molecule has 1 aliphatic rings. The molecule has 7 heteroatoms. The maximum atomic E-state index is 12.8. The molecule has 0 saturated carbocycles. The first-order valence-electron chi connectivity index (χ1n) is 9.24. The predicted octanol–water partition coefficient (Wildman–Crippen LogP) is 3.92. The average Bonchev–Trinajstić information content (AvgIpc) is 2.96. The highest BCUT2D eigenvalue weighted by Gasteiger charge is 2.31. The summed E-state index contributed by atoms with van der Waals surface area (Å²) < 4.78 is 8.12. The van der Waals surface area contributed by atoms with Crippen molar-refractivity contribution in [3.63, 3.8) is 0 Å². The van der Waals surface area contributed by atoms with E-state index in [4.69, 9.17) is 10.5 Å². The van der Waals surface area contributed by atoms with E-state index >= 15 is 0 Å². The lowest BCUT2D eigenvalue weighted by atomic mass is 9.95. The standard InChI is InChI=1S/C21H21BrN4O2/c1-3-28-20(27)19-16(22)15-9-8-14-10-24-21(23)25-17(14)18(15)26(19)11-13-6-4-12(2)5-7-13/h4-7,10H,3,8-9,11H2,1-2H3,(H2,23,24,25). The molecule has 2 heterocycles. The molecule has 144 valence electrons. The number of aryl methyl sites for hydroxylation is 2. The Morgan fingerprint density at radius 2 is 2.04 bits per heavy atom. The van der Waals surface area contributed by atoms with Crippen molar-refractivity contribution in [2.45, 2.75) is 33.2 Å². The number of fused-ring (bicyclic) bond motifs is 3. The van der Waals surface area contributed by atoms with Gasteiger partial charge in [0, 0.05) is 12.7 Å². The molecule has 0 fully saturated rings. The Bertz CT molecular complexity index is 1060. The number of hydrogen-bond acceptors (Lipinski definition) is 5. The highest BCUT2D eigenvalue weighted by molar-refractivity contribution is 9.10. The molecule has 2 N–H and O–H groups in total. The smallest absolute Gasteiger partial charge is 0.356 e. The van der Waals surface area contributed by atoms with Crippen LogP contribution in [0.4, 0.5) is 5.95 Å². The summed E-state index contributed by atoms with van der Waals surface area (Å²) >= 11 is 3.66. The topological polar surface area (TPSA) is 83.0 Å². The van der Waals surface area contributed by atoms with Crippen molar-refractivity contribution in [1.29, 1.82) is 0 Å². The number of nitrogen functional groups attached to an aromatic ring is 1. The molecule has 0 amide bonds. The Balaban J connectivity index is 1.93. The SMILES string of the molecule is CCOC(=O)c1c(Br)c2c(n1Cc1ccc(C)cc1)-c1nc(N)ncc1CC2. The summed E-state index contributed by atoms with van der Waals surface area (Å²) in [4.78, 5) is 21.4. The molecule has 1 aliphatic carbocycles. The second kappa shape index (κ2) is 7.39. The molecule has 0 radical (unpaired) electrons. The lowest BCUT2D eigenvalue weighted by Gasteiger charge is -2.19. The van der Waals surface area contributed by atoms with Crippen molar-refractivity contribution < 1.29 is 9.53 Å². The summed E-state index contributed by atoms with van der Waals surface area (Å²) in [5, 5.41) is 0. The number of benzene rings is 1. The largest absolute Gasteiger partial charge is 0.461 e. The van der Waals surface area contributed by atoms with Gasteiger partial charge >= 0.3 is 5.97 Å². The zero-order chi connectivity index (χ0) is 19.8. The fraction of sp³-hybridized carbons (Fsp3) is 0.286. The van der Waals surface area contributed by atoms with Crippen LogP contribution in [0.25, 0.3) is 11.4 Å². The Hall–Kier alpha value is -2.67. The number of esters is 1. The molecular weight excluding hydrogens is 420 g/mol. The first-order valence-corrected chi connectivity index (χ1v) is 10.0. The van der Waals surface area contributed by atoms with E-state index in [1.54, 1.807) is 6.20 Å². The Morgan fingerprint density at radius 3 is 2.75 bits per heavy atom. The maximum Gasteiger partial charge on any atom is 0.356 e. The molecule has 0 atom stereocenters. The lowest BCUT2D eigenvalue weighted by Crippen LogP contribution is -2.16. The van der Waals surface area contributed by atoms with Crippen molar-refractivity contribution in [3.05, 3.63) is 62.9 Å². The third-order valence-corrected chi connectivity index (χ3v) is 5.83. The van der Waals surface area contributed by atoms with Crippen molar-refractivity contribution in [2.24, 2.45) is 0 Å². The first kappa shape index (κ1) is 18.7. The van der Waals surface area contributed by atoms with Gasteiger partial charge in [-0.05, 0) is 59.3 Å². The monoisotopic (exact) mass is 440 g/mol. The molecule has 1 aromatic carbocycles. The minimum atomic E-state index is -0.348. The third-order valence-electron chi connectivity index (χ3n) is 4.98. The minimum absolute atomic E-state index is 0.225. The van der Waals surface area contributed by atoms with Crippen LogP contribution in [0.15, 0.2) is 34.9 Å². The van der Waals surface area contributed by atoms with E-state index in [1.807, 2.05) is 11.5 Å². The van der Waals surface area contributed by atoms with Gasteiger partial charge in [0.1, 0.15) is 5.69 Å². The van der Waals surface area contributed by atoms with E-state index < -0.39 is 0 Å². The molecule has 0 bridgehead atoms. The maximum absolute atomic E-state index is 12.8. The molecule has 4 rings (SSSR count). The van der Waals surface area contributed by atoms with Crippen molar-refractivity contribution in [1.82, 2.24) is 14.5 Å². The van der Waals surface area contributed by atoms with Gasteiger partial charge in [0.2, 0.25) is 5.95 Å². The van der Waals surface area contributed by atoms with E-state index in [2.05, 4.69) is 57.1 Å². The van der Waals surface area contributed by atoms with Gasteiger partial charge in [0.05, 0.1) is 22.5 Å². The van der Waals surface area contributed by atoms with E-state index in [-0.39, 0.29) is 11.9 Å². The number of halogens is 1. The molecule has 6 nitrogen and oxygen atoms in total. The van der Waals surface area contributed by atoms with Gasteiger partial charge < -0.3 is 15.0 Å². The molecule has 2 aromatic heterocycles. The molecule has 0 aliphatic heterocycles. The summed E-state index contributed by atoms with van der Waals surface area (Å²) in [6, 6.07) is 8.28. The van der Waals surface area contributed by atoms with Crippen molar-refractivity contribution in [3.8, 4) is 11.4 Å². The quantitative estimate of drug-likeness (QED) is 0.621. The van der Waals surface area contributed by atoms with E-state index in [9.17, 15) is 4.79 Å². The zero-order valence-corrected chi connectivity index (χ0v) is 17.4. The summed E-state index contributed by atoms with van der Waals surface area (Å²) in [7, 11) is 0. The summed E-state index contributed by atoms with van der Waals surface area (Å²) in [5.74, 6) is -0.122. The number of nitrogens with zero attached hydrogens (tertiary/aromatic N) is 3. The first-order chi connectivity index (χ1) is 13.5. The van der Waals surface area contributed by atoms with Gasteiger partial charge in [-0.3, -0.25) is 0 Å². The highest BCUT2D eigenvalue weighted by atomic mass is 79.9. The number of nitrogens with two attached hydrogens (primary N) is 1. The average molecular weight is 441 g/mol. The van der Waals surface area contributed by atoms with Crippen LogP contribution >= 0.6 is 15.9 Å². The molecule has 0 saturated heterocycles. The second-order valence-electron chi connectivity index (χ2n) is 6.88. The Morgan fingerprint density at radius 1 is 1.29 bits per heavy atom. The number of aromatic nitrogens is 3. The van der Waals surface area contributed by atoms with E-state index in [0.717, 1.165) is 45.4 Å². The van der Waals surface area contributed by atoms with Crippen LogP contribution in [-0.4, -0.2) is 27.1 Å². The van der Waals surface area contributed by atoms with Crippen LogP contribution in [0, 0.1) is 6.92 Å². The summed E-state index contributed by atoms with van der Waals surface area (Å²) in [6.07, 6.45) is 3.38. The Kier molecular flexibility index (Phi) is 4.93. The highest BCUT2D eigenvalue weighted by Crippen LogP contribution is 2.41. The van der Waals surface area contributed by atoms with Crippen LogP contribution in [0.1, 0.15) is 39.7 Å². The van der Waals surface area contributed by atoms with Gasteiger partial charge in [0.25, 0.3) is 0 Å². The fourth-order valence-electron chi connectivity index (χ4n) is 3.64. The predicted molar refractivity (Wildman–Crippen MR) is 111 cm³/mol. The molecule has 0 spiro atoms. The van der Waals surface area contributed by atoms with Crippen LogP contribution in [0.5, 0.6) is 0 Å². The lowest BCUT2D eigenvalue weighted by molar-refractivity contribution is 0.0513. The molecular formula is C21H21BrN4O2. The number of carbonyl (C=O) groups is 1. The van der Waals surface area contributed by atoms with Gasteiger partial charge in [-0.2, -0.15) is 0 Å². The zero-order valence-electron chi connectivity index (χ0n) is 15.8. The van der Waals surface area contributed by atoms with Crippen LogP contribution < -0.4 is 5.73 Å². The van der Waals surface area contributed by atoms with Crippen molar-refractivity contribution in [2.75, 3.05) is 12.3 Å². The third kappa shape index (κ3) is 3.20. The van der Waals surface area contributed by atoms with Gasteiger partial charge in [-0.1, -0.05) is 29.8 Å². The second-order valence-corrected chi connectivity index (χ2v) is 7.68. The van der Waals surface area contributed by atoms with Crippen LogP contribution in [-0.2, 0) is 24.1 Å². The molecule has 3 aromatic rings. The number of rotatable bonds is 4. The molecule has 0 unspecified atom stereocenters. The van der Waals surface area contributed by atoms with Gasteiger partial charge in [-0.25, -0.2) is 14.8 Å². The summed E-state index contributed by atoms with van der Waals surface area (Å²) in [5.41, 5.74) is 12.5. The number of carbonyl (C=O) groups excluding carboxylic acids is 1. The number of hydrogen-bond donors (Lipinski definition) is 1. The Labute approximate surface area is 171 Å². The minimum Gasteiger partial charge on any atom is -0.461 e.